The summed E-state index contributed by atoms with van der Waals surface area (Å²) in [6.07, 6.45) is 6.35. The summed E-state index contributed by atoms with van der Waals surface area (Å²) in [5.41, 5.74) is 4.38. The van der Waals surface area contributed by atoms with E-state index >= 15 is 0 Å². The Hall–Kier alpha value is -3.81. The molecule has 0 radical (unpaired) electrons. The van der Waals surface area contributed by atoms with Crippen LogP contribution in [-0.4, -0.2) is 26.6 Å². The molecule has 0 spiro atoms. The summed E-state index contributed by atoms with van der Waals surface area (Å²) in [6.45, 7) is 0. The highest BCUT2D eigenvalue weighted by atomic mass is 16.6. The van der Waals surface area contributed by atoms with Crippen LogP contribution in [0.4, 0.5) is 5.69 Å². The predicted octanol–water partition coefficient (Wildman–Crippen LogP) is 2.54. The van der Waals surface area contributed by atoms with Gasteiger partial charge in [0.2, 0.25) is 0 Å². The van der Waals surface area contributed by atoms with Crippen LogP contribution in [0.5, 0.6) is 0 Å². The molecule has 3 aromatic rings. The number of aromatic nitrogens is 2. The number of hydrogen-bond donors (Lipinski definition) is 1. The second-order valence-electron chi connectivity index (χ2n) is 5.01. The number of nitrogens with one attached hydrogen (secondary N) is 1. The van der Waals surface area contributed by atoms with E-state index in [2.05, 4.69) is 15.5 Å². The van der Waals surface area contributed by atoms with Gasteiger partial charge in [-0.1, -0.05) is 0 Å². The fourth-order valence-corrected chi connectivity index (χ4v) is 2.19. The molecule has 1 aromatic carbocycles. The lowest BCUT2D eigenvalue weighted by atomic mass is 10.2. The van der Waals surface area contributed by atoms with Gasteiger partial charge in [-0.2, -0.15) is 5.10 Å². The van der Waals surface area contributed by atoms with Crippen molar-refractivity contribution >= 4 is 17.8 Å². The molecule has 8 nitrogen and oxygen atoms in total. The summed E-state index contributed by atoms with van der Waals surface area (Å²) in [5, 5.41) is 14.7. The highest BCUT2D eigenvalue weighted by molar-refractivity contribution is 5.94. The molecule has 0 saturated carbocycles. The molecule has 2 heterocycles. The molecule has 0 atom stereocenters. The van der Waals surface area contributed by atoms with Crippen LogP contribution in [0.15, 0.2) is 72.2 Å². The minimum Gasteiger partial charge on any atom is -0.316 e. The van der Waals surface area contributed by atoms with Gasteiger partial charge in [0.25, 0.3) is 11.6 Å². The van der Waals surface area contributed by atoms with Crippen LogP contribution >= 0.6 is 0 Å². The van der Waals surface area contributed by atoms with Crippen LogP contribution < -0.4 is 5.43 Å². The first-order valence-electron chi connectivity index (χ1n) is 7.31. The Morgan fingerprint density at radius 2 is 1.88 bits per heavy atom. The first kappa shape index (κ1) is 16.1. The van der Waals surface area contributed by atoms with E-state index < -0.39 is 4.92 Å². The maximum Gasteiger partial charge on any atom is 0.271 e. The van der Waals surface area contributed by atoms with Gasteiger partial charge in [-0.25, -0.2) is 5.43 Å². The smallest absolute Gasteiger partial charge is 0.271 e. The van der Waals surface area contributed by atoms with Crippen LogP contribution in [0.1, 0.15) is 16.1 Å². The zero-order valence-electron chi connectivity index (χ0n) is 12.9. The second kappa shape index (κ2) is 7.18. The fourth-order valence-electron chi connectivity index (χ4n) is 2.19. The largest absolute Gasteiger partial charge is 0.316 e. The number of nitrogens with zero attached hydrogens (tertiary/aromatic N) is 4. The molecule has 124 valence electrons. The van der Waals surface area contributed by atoms with E-state index in [9.17, 15) is 14.9 Å². The normalized spacial score (nSPS) is 10.7. The molecule has 0 aliphatic carbocycles. The number of non-ortho nitro benzene ring substituents is 1. The van der Waals surface area contributed by atoms with Crippen LogP contribution in [-0.2, 0) is 0 Å². The van der Waals surface area contributed by atoms with E-state index in [4.69, 9.17) is 0 Å². The van der Waals surface area contributed by atoms with Crippen molar-refractivity contribution in [3.05, 3.63) is 88.5 Å². The first-order valence-corrected chi connectivity index (χ1v) is 7.31. The van der Waals surface area contributed by atoms with E-state index in [1.807, 2.05) is 12.1 Å². The molecular formula is C17H13N5O3. The topological polar surface area (TPSA) is 102 Å². The summed E-state index contributed by atoms with van der Waals surface area (Å²) in [5.74, 6) is -0.341. The van der Waals surface area contributed by atoms with E-state index in [0.29, 0.717) is 11.3 Å². The molecule has 0 fully saturated rings. The highest BCUT2D eigenvalue weighted by Crippen LogP contribution is 2.16. The van der Waals surface area contributed by atoms with Crippen molar-refractivity contribution < 1.29 is 9.72 Å². The lowest BCUT2D eigenvalue weighted by molar-refractivity contribution is -0.384. The summed E-state index contributed by atoms with van der Waals surface area (Å²) < 4.78 is 1.80. The Bertz CT molecular complexity index is 917. The molecule has 0 saturated heterocycles. The second-order valence-corrected chi connectivity index (χ2v) is 5.01. The Labute approximate surface area is 142 Å². The molecule has 0 aliphatic heterocycles. The van der Waals surface area contributed by atoms with E-state index in [1.54, 1.807) is 35.0 Å². The Balaban J connectivity index is 1.73. The predicted molar refractivity (Wildman–Crippen MR) is 91.7 cm³/mol. The molecule has 0 unspecified atom stereocenters. The van der Waals surface area contributed by atoms with Crippen molar-refractivity contribution in [3.8, 4) is 5.69 Å². The number of hydrazone groups is 1. The van der Waals surface area contributed by atoms with Gasteiger partial charge in [-0.15, -0.1) is 0 Å². The Kier molecular flexibility index (Phi) is 4.61. The zero-order valence-corrected chi connectivity index (χ0v) is 12.9. The third-order valence-corrected chi connectivity index (χ3v) is 3.42. The van der Waals surface area contributed by atoms with Gasteiger partial charge < -0.3 is 4.57 Å². The van der Waals surface area contributed by atoms with Crippen molar-refractivity contribution in [1.82, 2.24) is 15.0 Å². The van der Waals surface area contributed by atoms with E-state index in [1.165, 1.54) is 30.7 Å². The van der Waals surface area contributed by atoms with Gasteiger partial charge in [0.05, 0.1) is 16.8 Å². The number of hydrogen-bond acceptors (Lipinski definition) is 5. The average Bonchev–Trinajstić information content (AvgIpc) is 3.11. The summed E-state index contributed by atoms with van der Waals surface area (Å²) in [6, 6.07) is 12.9. The maximum absolute atomic E-state index is 11.9. The number of pyridine rings is 1. The van der Waals surface area contributed by atoms with E-state index in [-0.39, 0.29) is 11.6 Å². The maximum atomic E-state index is 11.9. The van der Waals surface area contributed by atoms with Gasteiger partial charge in [0.1, 0.15) is 0 Å². The summed E-state index contributed by atoms with van der Waals surface area (Å²) in [7, 11) is 0. The molecular weight excluding hydrogens is 322 g/mol. The van der Waals surface area contributed by atoms with Crippen molar-refractivity contribution in [2.24, 2.45) is 5.10 Å². The Morgan fingerprint density at radius 1 is 1.16 bits per heavy atom. The average molecular weight is 335 g/mol. The third-order valence-electron chi connectivity index (χ3n) is 3.42. The van der Waals surface area contributed by atoms with Gasteiger partial charge in [-0.05, 0) is 36.4 Å². The van der Waals surface area contributed by atoms with E-state index in [0.717, 1.165) is 5.69 Å². The lowest BCUT2D eigenvalue weighted by Gasteiger charge is -2.06. The standard InChI is InChI=1S/C17H13N5O3/c23-17(13-7-9-18-10-8-13)20-19-12-16-2-1-11-21(16)14-3-5-15(6-4-14)22(24)25/h1-12H,(H,20,23)/b19-12+. The van der Waals surface area contributed by atoms with Crippen molar-refractivity contribution in [1.29, 1.82) is 0 Å². The van der Waals surface area contributed by atoms with Crippen LogP contribution in [0, 0.1) is 10.1 Å². The highest BCUT2D eigenvalue weighted by Gasteiger charge is 2.07. The van der Waals surface area contributed by atoms with Crippen molar-refractivity contribution in [2.45, 2.75) is 0 Å². The number of benzene rings is 1. The van der Waals surface area contributed by atoms with Crippen molar-refractivity contribution in [2.75, 3.05) is 0 Å². The minimum absolute atomic E-state index is 0.0238. The third kappa shape index (κ3) is 3.75. The minimum atomic E-state index is -0.448. The molecule has 1 amide bonds. The van der Waals surface area contributed by atoms with Crippen LogP contribution in [0.3, 0.4) is 0 Å². The number of nitro benzene ring substituents is 1. The van der Waals surface area contributed by atoms with Crippen LogP contribution in [0.25, 0.3) is 5.69 Å². The fraction of sp³-hybridized carbons (Fsp3) is 0. The quantitative estimate of drug-likeness (QED) is 0.439. The molecule has 1 N–H and O–H groups in total. The molecule has 0 bridgehead atoms. The van der Waals surface area contributed by atoms with Gasteiger partial charge >= 0.3 is 0 Å². The SMILES string of the molecule is O=C(N/N=C/c1cccn1-c1ccc([N+](=O)[O-])cc1)c1ccncc1. The number of carbonyl (C=O) groups excluding carboxylic acids is 1. The summed E-state index contributed by atoms with van der Waals surface area (Å²) in [4.78, 5) is 26.0. The number of amides is 1. The number of rotatable bonds is 5. The number of nitro groups is 1. The molecule has 25 heavy (non-hydrogen) atoms. The molecule has 0 aliphatic rings. The Morgan fingerprint density at radius 3 is 2.56 bits per heavy atom. The van der Waals surface area contributed by atoms with Crippen molar-refractivity contribution in [3.63, 3.8) is 0 Å². The van der Waals surface area contributed by atoms with Gasteiger partial charge in [-0.3, -0.25) is 19.9 Å². The number of carbonyl (C=O) groups is 1. The summed E-state index contributed by atoms with van der Waals surface area (Å²) >= 11 is 0. The van der Waals surface area contributed by atoms with Crippen LogP contribution in [0.2, 0.25) is 0 Å². The van der Waals surface area contributed by atoms with Gasteiger partial charge in [0, 0.05) is 42.0 Å². The lowest BCUT2D eigenvalue weighted by Crippen LogP contribution is -2.17. The van der Waals surface area contributed by atoms with Gasteiger partial charge in [0.15, 0.2) is 0 Å². The molecule has 8 heteroatoms. The first-order chi connectivity index (χ1) is 12.1. The molecule has 2 aromatic heterocycles. The monoisotopic (exact) mass is 335 g/mol. The molecule has 3 rings (SSSR count). The zero-order chi connectivity index (χ0) is 17.6.